The zero-order chi connectivity index (χ0) is 12.4. The topological polar surface area (TPSA) is 34.9 Å². The van der Waals surface area contributed by atoms with Gasteiger partial charge in [0.25, 0.3) is 0 Å². The Morgan fingerprint density at radius 2 is 2.18 bits per heavy atom. The summed E-state index contributed by atoms with van der Waals surface area (Å²) in [6.45, 7) is 4.70. The first-order valence-corrected chi connectivity index (χ1v) is 6.24. The highest BCUT2D eigenvalue weighted by Crippen LogP contribution is 2.17. The molecule has 2 aromatic rings. The Balaban J connectivity index is 2.43. The smallest absolute Gasteiger partial charge is 0.228 e. The maximum Gasteiger partial charge on any atom is 0.228 e. The van der Waals surface area contributed by atoms with E-state index in [-0.39, 0.29) is 5.78 Å². The van der Waals surface area contributed by atoms with Gasteiger partial charge in [-0.15, -0.1) is 0 Å². The molecule has 0 saturated carbocycles. The summed E-state index contributed by atoms with van der Waals surface area (Å²) in [4.78, 5) is 16.4. The molecule has 3 nitrogen and oxygen atoms in total. The molecule has 1 aromatic carbocycles. The highest BCUT2D eigenvalue weighted by molar-refractivity contribution is 9.10. The van der Waals surface area contributed by atoms with Gasteiger partial charge in [-0.25, -0.2) is 4.98 Å². The minimum atomic E-state index is -0.0405. The molecule has 0 aliphatic rings. The van der Waals surface area contributed by atoms with Crippen LogP contribution in [0.2, 0.25) is 0 Å². The van der Waals surface area contributed by atoms with Crippen LogP contribution in [0.1, 0.15) is 28.7 Å². The first kappa shape index (κ1) is 12.0. The average molecular weight is 293 g/mol. The van der Waals surface area contributed by atoms with Crippen LogP contribution in [0, 0.1) is 6.92 Å². The number of benzene rings is 1. The van der Waals surface area contributed by atoms with Crippen LogP contribution in [0.15, 0.2) is 35.1 Å². The fourth-order valence-corrected chi connectivity index (χ4v) is 2.38. The van der Waals surface area contributed by atoms with Crippen molar-refractivity contribution in [1.29, 1.82) is 0 Å². The summed E-state index contributed by atoms with van der Waals surface area (Å²) in [5.41, 5.74) is 1.72. The van der Waals surface area contributed by atoms with Gasteiger partial charge >= 0.3 is 0 Å². The van der Waals surface area contributed by atoms with Gasteiger partial charge in [-0.05, 0) is 37.6 Å². The van der Waals surface area contributed by atoms with Gasteiger partial charge in [0, 0.05) is 29.0 Å². The van der Waals surface area contributed by atoms with Crippen molar-refractivity contribution in [3.63, 3.8) is 0 Å². The van der Waals surface area contributed by atoms with E-state index in [1.807, 2.05) is 42.8 Å². The Hall–Kier alpha value is -1.42. The Labute approximate surface area is 109 Å². The molecule has 17 heavy (non-hydrogen) atoms. The highest BCUT2D eigenvalue weighted by Gasteiger charge is 2.15. The second kappa shape index (κ2) is 4.84. The monoisotopic (exact) mass is 292 g/mol. The van der Waals surface area contributed by atoms with Crippen LogP contribution in [0.4, 0.5) is 0 Å². The van der Waals surface area contributed by atoms with E-state index in [1.54, 1.807) is 6.20 Å². The zero-order valence-corrected chi connectivity index (χ0v) is 11.4. The van der Waals surface area contributed by atoms with Crippen LogP contribution in [-0.4, -0.2) is 15.3 Å². The summed E-state index contributed by atoms with van der Waals surface area (Å²) < 4.78 is 2.76. The lowest BCUT2D eigenvalue weighted by molar-refractivity contribution is 0.102. The molecule has 88 valence electrons. The predicted molar refractivity (Wildman–Crippen MR) is 70.2 cm³/mol. The van der Waals surface area contributed by atoms with Gasteiger partial charge in [-0.2, -0.15) is 0 Å². The van der Waals surface area contributed by atoms with Gasteiger partial charge in [-0.1, -0.05) is 15.9 Å². The Kier molecular flexibility index (Phi) is 3.43. The Morgan fingerprint density at radius 1 is 1.41 bits per heavy atom. The number of hydrogen-bond acceptors (Lipinski definition) is 2. The maximum absolute atomic E-state index is 12.3. The van der Waals surface area contributed by atoms with E-state index in [0.717, 1.165) is 16.6 Å². The van der Waals surface area contributed by atoms with Crippen molar-refractivity contribution in [3.8, 4) is 0 Å². The van der Waals surface area contributed by atoms with Crippen LogP contribution in [0.3, 0.4) is 0 Å². The first-order valence-electron chi connectivity index (χ1n) is 5.45. The molecular formula is C13H13BrN2O. The first-order chi connectivity index (χ1) is 8.11. The van der Waals surface area contributed by atoms with Gasteiger partial charge in [0.2, 0.25) is 5.78 Å². The second-order valence-electron chi connectivity index (χ2n) is 3.88. The third-order valence-corrected chi connectivity index (χ3v) is 3.02. The summed E-state index contributed by atoms with van der Waals surface area (Å²) in [6.07, 6.45) is 3.47. The largest absolute Gasteiger partial charge is 0.328 e. The van der Waals surface area contributed by atoms with Gasteiger partial charge in [0.1, 0.15) is 0 Å². The number of ketones is 1. The molecule has 0 saturated heterocycles. The van der Waals surface area contributed by atoms with E-state index < -0.39 is 0 Å². The highest BCUT2D eigenvalue weighted by atomic mass is 79.9. The Morgan fingerprint density at radius 3 is 2.82 bits per heavy atom. The molecule has 0 N–H and O–H groups in total. The van der Waals surface area contributed by atoms with Crippen molar-refractivity contribution < 1.29 is 4.79 Å². The van der Waals surface area contributed by atoms with Crippen LogP contribution in [0.25, 0.3) is 0 Å². The van der Waals surface area contributed by atoms with Crippen molar-refractivity contribution in [2.75, 3.05) is 0 Å². The quantitative estimate of drug-likeness (QED) is 0.814. The minimum absolute atomic E-state index is 0.0405. The van der Waals surface area contributed by atoms with E-state index in [1.165, 1.54) is 0 Å². The third-order valence-electron chi connectivity index (χ3n) is 2.56. The molecule has 1 aromatic heterocycles. The normalized spacial score (nSPS) is 10.5. The molecule has 4 heteroatoms. The lowest BCUT2D eigenvalue weighted by atomic mass is 10.1. The number of halogens is 1. The second-order valence-corrected chi connectivity index (χ2v) is 4.80. The molecule has 0 radical (unpaired) electrons. The lowest BCUT2D eigenvalue weighted by Gasteiger charge is -2.05. The van der Waals surface area contributed by atoms with Crippen molar-refractivity contribution >= 4 is 21.7 Å². The average Bonchev–Trinajstić information content (AvgIpc) is 2.74. The zero-order valence-electron chi connectivity index (χ0n) is 9.77. The van der Waals surface area contributed by atoms with E-state index in [2.05, 4.69) is 20.9 Å². The van der Waals surface area contributed by atoms with Gasteiger partial charge < -0.3 is 4.57 Å². The number of carbonyl (C=O) groups excluding carboxylic acids is 1. The van der Waals surface area contributed by atoms with Crippen molar-refractivity contribution in [2.45, 2.75) is 20.4 Å². The van der Waals surface area contributed by atoms with Crippen molar-refractivity contribution in [3.05, 3.63) is 52.0 Å². The molecule has 0 aliphatic heterocycles. The van der Waals surface area contributed by atoms with Crippen LogP contribution in [0.5, 0.6) is 0 Å². The van der Waals surface area contributed by atoms with Crippen molar-refractivity contribution in [1.82, 2.24) is 9.55 Å². The summed E-state index contributed by atoms with van der Waals surface area (Å²) in [5, 5.41) is 0. The van der Waals surface area contributed by atoms with Gasteiger partial charge in [-0.3, -0.25) is 4.79 Å². The molecule has 1 heterocycles. The maximum atomic E-state index is 12.3. The molecule has 0 spiro atoms. The fraction of sp³-hybridized carbons (Fsp3) is 0.231. The molecule has 0 aliphatic carbocycles. The summed E-state index contributed by atoms with van der Waals surface area (Å²) in [5.74, 6) is 0.450. The standard InChI is InChI=1S/C13H13BrN2O/c1-3-16-5-4-15-13(16)12(17)10-6-9(2)7-11(14)8-10/h4-8H,3H2,1-2H3. The van der Waals surface area contributed by atoms with Crippen LogP contribution < -0.4 is 0 Å². The van der Waals surface area contributed by atoms with E-state index >= 15 is 0 Å². The summed E-state index contributed by atoms with van der Waals surface area (Å²) >= 11 is 3.40. The number of imidazole rings is 1. The number of hydrogen-bond donors (Lipinski definition) is 0. The van der Waals surface area contributed by atoms with Crippen LogP contribution >= 0.6 is 15.9 Å². The molecular weight excluding hydrogens is 280 g/mol. The SMILES string of the molecule is CCn1ccnc1C(=O)c1cc(C)cc(Br)c1. The van der Waals surface area contributed by atoms with E-state index in [4.69, 9.17) is 0 Å². The van der Waals surface area contributed by atoms with Gasteiger partial charge in [0.05, 0.1) is 0 Å². The fourth-order valence-electron chi connectivity index (χ4n) is 1.77. The van der Waals surface area contributed by atoms with E-state index in [0.29, 0.717) is 11.4 Å². The number of aromatic nitrogens is 2. The number of nitrogens with zero attached hydrogens (tertiary/aromatic N) is 2. The van der Waals surface area contributed by atoms with Crippen LogP contribution in [-0.2, 0) is 6.54 Å². The lowest BCUT2D eigenvalue weighted by Crippen LogP contribution is -2.10. The number of rotatable bonds is 3. The predicted octanol–water partition coefficient (Wildman–Crippen LogP) is 3.20. The molecule has 2 rings (SSSR count). The molecule has 0 atom stereocenters. The van der Waals surface area contributed by atoms with Gasteiger partial charge in [0.15, 0.2) is 5.82 Å². The molecule has 0 unspecified atom stereocenters. The summed E-state index contributed by atoms with van der Waals surface area (Å²) in [6, 6.07) is 5.68. The number of aryl methyl sites for hydroxylation is 2. The Bertz CT molecular complexity index is 540. The number of carbonyl (C=O) groups is 1. The van der Waals surface area contributed by atoms with Crippen molar-refractivity contribution in [2.24, 2.45) is 0 Å². The molecule has 0 fully saturated rings. The molecule has 0 bridgehead atoms. The molecule has 0 amide bonds. The third kappa shape index (κ3) is 2.47. The summed E-state index contributed by atoms with van der Waals surface area (Å²) in [7, 11) is 0. The minimum Gasteiger partial charge on any atom is -0.328 e. The van der Waals surface area contributed by atoms with E-state index in [9.17, 15) is 4.79 Å².